The summed E-state index contributed by atoms with van der Waals surface area (Å²) in [7, 11) is 0. The quantitative estimate of drug-likeness (QED) is 0.186. The molecular weight excluding hydrogens is 574 g/mol. The zero-order valence-corrected chi connectivity index (χ0v) is 26.0. The Morgan fingerprint density at radius 2 is 1.72 bits per heavy atom. The molecule has 0 radical (unpaired) electrons. The van der Waals surface area contributed by atoms with Gasteiger partial charge in [0.2, 0.25) is 0 Å². The van der Waals surface area contributed by atoms with Crippen LogP contribution in [0.3, 0.4) is 0 Å². The molecule has 5 nitrogen and oxygen atoms in total. The molecule has 0 aliphatic carbocycles. The van der Waals surface area contributed by atoms with E-state index in [-0.39, 0.29) is 12.6 Å². The van der Waals surface area contributed by atoms with Gasteiger partial charge in [0.05, 0.1) is 21.2 Å². The minimum Gasteiger partial charge on any atom is -0.489 e. The van der Waals surface area contributed by atoms with Crippen LogP contribution in [0.15, 0.2) is 65.1 Å². The maximum atomic E-state index is 12.6. The van der Waals surface area contributed by atoms with Crippen LogP contribution in [0.2, 0.25) is 0 Å². The minimum atomic E-state index is -0.589. The van der Waals surface area contributed by atoms with Gasteiger partial charge in [-0.25, -0.2) is 4.98 Å². The maximum absolute atomic E-state index is 12.6. The molecule has 0 spiro atoms. The van der Waals surface area contributed by atoms with E-state index in [4.69, 9.17) is 19.2 Å². The molecule has 0 aliphatic heterocycles. The second-order valence-corrected chi connectivity index (χ2v) is 13.4. The largest absolute Gasteiger partial charge is 0.489 e. The number of thiazole rings is 1. The van der Waals surface area contributed by atoms with Crippen LogP contribution in [0.5, 0.6) is 5.75 Å². The van der Waals surface area contributed by atoms with E-state index in [1.165, 1.54) is 0 Å². The highest BCUT2D eigenvalue weighted by molar-refractivity contribution is 9.10. The SMILES string of the molecule is Cc1cc2nc(-c3cccc(OCc4ccccc4)c3)sc2c(Br)c1[C@H](COC(=O)C(C)(C)C)OC(C)(C)C. The summed E-state index contributed by atoms with van der Waals surface area (Å²) in [4.78, 5) is 17.5. The molecule has 1 aromatic heterocycles. The molecule has 0 N–H and O–H groups in total. The second-order valence-electron chi connectivity index (χ2n) is 11.7. The maximum Gasteiger partial charge on any atom is 0.311 e. The Bertz CT molecular complexity index is 1450. The smallest absolute Gasteiger partial charge is 0.311 e. The number of aromatic nitrogens is 1. The average Bonchev–Trinajstić information content (AvgIpc) is 3.29. The van der Waals surface area contributed by atoms with Crippen LogP contribution in [0.1, 0.15) is 64.3 Å². The number of halogens is 1. The molecule has 4 rings (SSSR count). The molecule has 0 bridgehead atoms. The van der Waals surface area contributed by atoms with Crippen molar-refractivity contribution in [3.05, 3.63) is 81.8 Å². The fourth-order valence-corrected chi connectivity index (χ4v) is 6.12. The number of benzene rings is 3. The number of esters is 1. The lowest BCUT2D eigenvalue weighted by Crippen LogP contribution is -2.29. The third-order valence-corrected chi connectivity index (χ3v) is 8.22. The molecule has 0 amide bonds. The van der Waals surface area contributed by atoms with Crippen LogP contribution >= 0.6 is 27.3 Å². The van der Waals surface area contributed by atoms with E-state index < -0.39 is 17.1 Å². The lowest BCUT2D eigenvalue weighted by Gasteiger charge is -2.30. The third-order valence-electron chi connectivity index (χ3n) is 5.99. The number of ether oxygens (including phenoxy) is 3. The molecular formula is C32H36BrNO4S. The van der Waals surface area contributed by atoms with Crippen molar-refractivity contribution in [2.75, 3.05) is 6.61 Å². The van der Waals surface area contributed by atoms with Crippen LogP contribution < -0.4 is 4.74 Å². The second kappa shape index (κ2) is 11.8. The number of nitrogens with zero attached hydrogens (tertiary/aromatic N) is 1. The summed E-state index contributed by atoms with van der Waals surface area (Å²) >= 11 is 5.47. The molecule has 0 saturated carbocycles. The van der Waals surface area contributed by atoms with Crippen molar-refractivity contribution in [1.82, 2.24) is 4.98 Å². The highest BCUT2D eigenvalue weighted by Gasteiger charge is 2.30. The summed E-state index contributed by atoms with van der Waals surface area (Å²) < 4.78 is 20.1. The summed E-state index contributed by atoms with van der Waals surface area (Å²) in [5.74, 6) is 0.542. The Hall–Kier alpha value is -2.74. The first-order valence-electron chi connectivity index (χ1n) is 13.0. The number of hydrogen-bond donors (Lipinski definition) is 0. The molecule has 1 heterocycles. The van der Waals surface area contributed by atoms with Gasteiger partial charge < -0.3 is 14.2 Å². The Labute approximate surface area is 243 Å². The van der Waals surface area contributed by atoms with Crippen LogP contribution in [-0.2, 0) is 20.9 Å². The number of fused-ring (bicyclic) bond motifs is 1. The predicted molar refractivity (Wildman–Crippen MR) is 162 cm³/mol. The Morgan fingerprint density at radius 3 is 2.38 bits per heavy atom. The Morgan fingerprint density at radius 1 is 1.00 bits per heavy atom. The van der Waals surface area contributed by atoms with Crippen LogP contribution in [-0.4, -0.2) is 23.2 Å². The molecule has 206 valence electrons. The van der Waals surface area contributed by atoms with Crippen molar-refractivity contribution in [2.45, 2.75) is 66.8 Å². The normalized spacial score (nSPS) is 12.9. The molecule has 0 fully saturated rings. The van der Waals surface area contributed by atoms with E-state index in [1.807, 2.05) is 90.9 Å². The van der Waals surface area contributed by atoms with Crippen LogP contribution in [0.4, 0.5) is 0 Å². The van der Waals surface area contributed by atoms with E-state index in [9.17, 15) is 4.79 Å². The number of hydrogen-bond acceptors (Lipinski definition) is 6. The van der Waals surface area contributed by atoms with Crippen molar-refractivity contribution in [3.8, 4) is 16.3 Å². The summed E-state index contributed by atoms with van der Waals surface area (Å²) in [6.07, 6.45) is -0.435. The Balaban J connectivity index is 1.65. The van der Waals surface area contributed by atoms with Gasteiger partial charge in [-0.3, -0.25) is 4.79 Å². The first-order chi connectivity index (χ1) is 18.3. The zero-order chi connectivity index (χ0) is 28.4. The fourth-order valence-electron chi connectivity index (χ4n) is 4.11. The van der Waals surface area contributed by atoms with Gasteiger partial charge in [0, 0.05) is 15.6 Å². The van der Waals surface area contributed by atoms with Gasteiger partial charge in [-0.05, 0) is 93.7 Å². The van der Waals surface area contributed by atoms with Gasteiger partial charge >= 0.3 is 5.97 Å². The molecule has 0 aliphatic rings. The zero-order valence-electron chi connectivity index (χ0n) is 23.6. The standard InChI is InChI=1S/C32H36BrNO4S/c1-20-16-24-28(27(33)26(20)25(38-32(5,6)7)19-37-30(35)31(2,3)4)39-29(34-24)22-14-11-15-23(17-22)36-18-21-12-9-8-10-13-21/h8-17,25H,18-19H2,1-7H3/t25-/m0/s1. The topological polar surface area (TPSA) is 57.7 Å². The minimum absolute atomic E-state index is 0.130. The van der Waals surface area contributed by atoms with Crippen molar-refractivity contribution in [1.29, 1.82) is 0 Å². The van der Waals surface area contributed by atoms with E-state index in [2.05, 4.69) is 34.1 Å². The van der Waals surface area contributed by atoms with E-state index >= 15 is 0 Å². The third kappa shape index (κ3) is 7.47. The highest BCUT2D eigenvalue weighted by Crippen LogP contribution is 2.42. The molecule has 0 saturated heterocycles. The van der Waals surface area contributed by atoms with E-state index in [1.54, 1.807) is 11.3 Å². The lowest BCUT2D eigenvalue weighted by molar-refractivity contribution is -0.162. The first kappa shape index (κ1) is 29.2. The van der Waals surface area contributed by atoms with Gasteiger partial charge in [0.1, 0.15) is 30.1 Å². The van der Waals surface area contributed by atoms with Gasteiger partial charge in [-0.15, -0.1) is 11.3 Å². The predicted octanol–water partition coefficient (Wildman–Crippen LogP) is 9.06. The van der Waals surface area contributed by atoms with Crippen molar-refractivity contribution >= 4 is 43.5 Å². The summed E-state index contributed by atoms with van der Waals surface area (Å²) in [6, 6.07) is 20.2. The molecule has 1 atom stereocenters. The summed E-state index contributed by atoms with van der Waals surface area (Å²) in [6.45, 7) is 14.2. The molecule has 3 aromatic carbocycles. The van der Waals surface area contributed by atoms with E-state index in [0.29, 0.717) is 6.61 Å². The van der Waals surface area contributed by atoms with Crippen molar-refractivity contribution in [3.63, 3.8) is 0 Å². The first-order valence-corrected chi connectivity index (χ1v) is 14.6. The number of rotatable bonds is 8. The number of carbonyl (C=O) groups is 1. The summed E-state index contributed by atoms with van der Waals surface area (Å²) in [5.41, 5.74) is 3.98. The molecule has 4 aromatic rings. The number of carbonyl (C=O) groups excluding carboxylic acids is 1. The van der Waals surface area contributed by atoms with Gasteiger partial charge in [-0.2, -0.15) is 0 Å². The van der Waals surface area contributed by atoms with Crippen LogP contribution in [0, 0.1) is 12.3 Å². The average molecular weight is 611 g/mol. The van der Waals surface area contributed by atoms with Crippen molar-refractivity contribution < 1.29 is 19.0 Å². The Kier molecular flexibility index (Phi) is 8.84. The fraction of sp³-hybridized carbons (Fsp3) is 0.375. The molecule has 0 unspecified atom stereocenters. The summed E-state index contributed by atoms with van der Waals surface area (Å²) in [5, 5.41) is 0.903. The van der Waals surface area contributed by atoms with E-state index in [0.717, 1.165) is 47.7 Å². The van der Waals surface area contributed by atoms with Gasteiger partial charge in [-0.1, -0.05) is 42.5 Å². The van der Waals surface area contributed by atoms with Gasteiger partial charge in [0.25, 0.3) is 0 Å². The molecule has 7 heteroatoms. The van der Waals surface area contributed by atoms with Gasteiger partial charge in [0.15, 0.2) is 0 Å². The molecule has 39 heavy (non-hydrogen) atoms. The monoisotopic (exact) mass is 609 g/mol. The van der Waals surface area contributed by atoms with Crippen molar-refractivity contribution in [2.24, 2.45) is 5.41 Å². The number of aryl methyl sites for hydroxylation is 1. The van der Waals surface area contributed by atoms with Crippen LogP contribution in [0.25, 0.3) is 20.8 Å². The lowest BCUT2D eigenvalue weighted by atomic mass is 9.97. The highest BCUT2D eigenvalue weighted by atomic mass is 79.9.